The Hall–Kier alpha value is -1.60. The molecule has 0 amide bonds. The Morgan fingerprint density at radius 3 is 2.50 bits per heavy atom. The molecule has 4 nitrogen and oxygen atoms in total. The van der Waals surface area contributed by atoms with E-state index in [9.17, 15) is 0 Å². The highest BCUT2D eigenvalue weighted by molar-refractivity contribution is 14.0. The summed E-state index contributed by atoms with van der Waals surface area (Å²) < 4.78 is 5.21. The normalized spacial score (nSPS) is 20.0. The van der Waals surface area contributed by atoms with Gasteiger partial charge in [0.2, 0.25) is 0 Å². The van der Waals surface area contributed by atoms with Crippen molar-refractivity contribution >= 4 is 35.6 Å². The molecule has 2 aromatic carbocycles. The highest BCUT2D eigenvalue weighted by Crippen LogP contribution is 2.38. The number of rotatable bonds is 5. The molecule has 1 aliphatic carbocycles. The molecule has 1 aliphatic rings. The first-order valence-electron chi connectivity index (χ1n) is 7.98. The first-order chi connectivity index (χ1) is 11.3. The number of methoxy groups -OCH3 is 1. The van der Waals surface area contributed by atoms with E-state index in [1.807, 2.05) is 24.3 Å². The van der Waals surface area contributed by atoms with E-state index in [1.54, 1.807) is 7.11 Å². The van der Waals surface area contributed by atoms with Crippen LogP contribution in [0.3, 0.4) is 0 Å². The lowest BCUT2D eigenvalue weighted by Gasteiger charge is -2.33. The largest absolute Gasteiger partial charge is 0.380 e. The number of benzene rings is 2. The molecule has 0 spiro atoms. The predicted molar refractivity (Wildman–Crippen MR) is 110 cm³/mol. The van der Waals surface area contributed by atoms with Gasteiger partial charge in [-0.25, -0.2) is 4.99 Å². The summed E-state index contributed by atoms with van der Waals surface area (Å²) in [6.45, 7) is 0.552. The number of para-hydroxylation sites is 1. The number of nitrogens with two attached hydrogens (primary N) is 1. The van der Waals surface area contributed by atoms with E-state index in [2.05, 4.69) is 40.6 Å². The Morgan fingerprint density at radius 1 is 1.12 bits per heavy atom. The quantitative estimate of drug-likeness (QED) is 0.420. The summed E-state index contributed by atoms with van der Waals surface area (Å²) in [5.41, 5.74) is 9.49. The summed E-state index contributed by atoms with van der Waals surface area (Å²) in [5.74, 6) is 1.09. The molecule has 128 valence electrons. The molecule has 1 saturated carbocycles. The maximum absolute atomic E-state index is 6.06. The van der Waals surface area contributed by atoms with Gasteiger partial charge in [0, 0.05) is 18.4 Å². The minimum absolute atomic E-state index is 0. The summed E-state index contributed by atoms with van der Waals surface area (Å²) in [7, 11) is 1.69. The molecule has 3 N–H and O–H groups in total. The highest BCUT2D eigenvalue weighted by atomic mass is 127. The van der Waals surface area contributed by atoms with Crippen molar-refractivity contribution in [3.63, 3.8) is 0 Å². The van der Waals surface area contributed by atoms with Crippen LogP contribution in [0.5, 0.6) is 0 Å². The Balaban J connectivity index is 0.00000208. The molecule has 3 rings (SSSR count). The van der Waals surface area contributed by atoms with Gasteiger partial charge in [-0.15, -0.1) is 24.0 Å². The molecular weight excluding hydrogens is 413 g/mol. The summed E-state index contributed by atoms with van der Waals surface area (Å²) in [6.07, 6.45) is 2.12. The summed E-state index contributed by atoms with van der Waals surface area (Å²) in [5, 5.41) is 3.20. The number of halogens is 1. The molecule has 2 aromatic rings. The lowest BCUT2D eigenvalue weighted by molar-refractivity contribution is 0.185. The average Bonchev–Trinajstić information content (AvgIpc) is 2.53. The SMILES string of the molecule is COCc1ccccc1NC(N)=NC1CC(c2ccccc2)C1.I. The number of aliphatic imine (C=N–C) groups is 1. The fourth-order valence-corrected chi connectivity index (χ4v) is 2.98. The lowest BCUT2D eigenvalue weighted by atomic mass is 9.76. The molecule has 0 saturated heterocycles. The number of hydrogen-bond donors (Lipinski definition) is 2. The summed E-state index contributed by atoms with van der Waals surface area (Å²) in [6, 6.07) is 18.9. The van der Waals surface area contributed by atoms with Crippen LogP contribution in [0.25, 0.3) is 0 Å². The van der Waals surface area contributed by atoms with Crippen LogP contribution in [-0.2, 0) is 11.3 Å². The summed E-state index contributed by atoms with van der Waals surface area (Å²) >= 11 is 0. The first-order valence-corrected chi connectivity index (χ1v) is 7.98. The molecule has 0 aromatic heterocycles. The second-order valence-electron chi connectivity index (χ2n) is 5.96. The van der Waals surface area contributed by atoms with Crippen LogP contribution in [0.2, 0.25) is 0 Å². The van der Waals surface area contributed by atoms with Crippen molar-refractivity contribution in [1.82, 2.24) is 0 Å². The van der Waals surface area contributed by atoms with E-state index < -0.39 is 0 Å². The van der Waals surface area contributed by atoms with E-state index in [4.69, 9.17) is 10.5 Å². The maximum atomic E-state index is 6.06. The van der Waals surface area contributed by atoms with Crippen LogP contribution < -0.4 is 11.1 Å². The molecule has 1 fully saturated rings. The monoisotopic (exact) mass is 437 g/mol. The van der Waals surface area contributed by atoms with Crippen molar-refractivity contribution in [1.29, 1.82) is 0 Å². The lowest BCUT2D eigenvalue weighted by Crippen LogP contribution is -2.31. The van der Waals surface area contributed by atoms with E-state index in [0.717, 1.165) is 24.1 Å². The third-order valence-electron chi connectivity index (χ3n) is 4.29. The number of guanidine groups is 1. The fourth-order valence-electron chi connectivity index (χ4n) is 2.98. The Labute approximate surface area is 160 Å². The number of ether oxygens (including phenoxy) is 1. The van der Waals surface area contributed by atoms with Crippen LogP contribution in [0.1, 0.15) is 29.9 Å². The van der Waals surface area contributed by atoms with Gasteiger partial charge in [-0.2, -0.15) is 0 Å². The second-order valence-corrected chi connectivity index (χ2v) is 5.96. The average molecular weight is 437 g/mol. The minimum Gasteiger partial charge on any atom is -0.380 e. The predicted octanol–water partition coefficient (Wildman–Crippen LogP) is 4.12. The Morgan fingerprint density at radius 2 is 1.79 bits per heavy atom. The Kier molecular flexibility index (Phi) is 7.05. The molecule has 5 heteroatoms. The third-order valence-corrected chi connectivity index (χ3v) is 4.29. The van der Waals surface area contributed by atoms with Gasteiger partial charge in [-0.05, 0) is 30.4 Å². The zero-order valence-corrected chi connectivity index (χ0v) is 16.1. The van der Waals surface area contributed by atoms with E-state index in [0.29, 0.717) is 24.5 Å². The molecule has 24 heavy (non-hydrogen) atoms. The molecule has 0 heterocycles. The van der Waals surface area contributed by atoms with Crippen molar-refractivity contribution < 1.29 is 4.74 Å². The van der Waals surface area contributed by atoms with Crippen molar-refractivity contribution in [3.8, 4) is 0 Å². The van der Waals surface area contributed by atoms with Crippen molar-refractivity contribution in [2.24, 2.45) is 10.7 Å². The smallest absolute Gasteiger partial charge is 0.193 e. The number of hydrogen-bond acceptors (Lipinski definition) is 2. The second kappa shape index (κ2) is 9.03. The maximum Gasteiger partial charge on any atom is 0.193 e. The molecule has 0 bridgehead atoms. The first kappa shape index (κ1) is 18.7. The van der Waals surface area contributed by atoms with Crippen LogP contribution in [-0.4, -0.2) is 19.1 Å². The summed E-state index contributed by atoms with van der Waals surface area (Å²) in [4.78, 5) is 4.60. The van der Waals surface area contributed by atoms with Gasteiger partial charge in [0.1, 0.15) is 0 Å². The molecular formula is C19H24IN3O. The Bertz CT molecular complexity index is 669. The third kappa shape index (κ3) is 4.70. The van der Waals surface area contributed by atoms with E-state index in [1.165, 1.54) is 5.56 Å². The number of nitrogens with one attached hydrogen (secondary N) is 1. The van der Waals surface area contributed by atoms with Gasteiger partial charge in [-0.3, -0.25) is 0 Å². The topological polar surface area (TPSA) is 59.6 Å². The van der Waals surface area contributed by atoms with Gasteiger partial charge in [0.05, 0.1) is 12.6 Å². The number of nitrogens with zero attached hydrogens (tertiary/aromatic N) is 1. The van der Waals surface area contributed by atoms with Gasteiger partial charge >= 0.3 is 0 Å². The molecule has 0 atom stereocenters. The van der Waals surface area contributed by atoms with Crippen LogP contribution in [0.4, 0.5) is 5.69 Å². The van der Waals surface area contributed by atoms with Crippen LogP contribution in [0, 0.1) is 0 Å². The molecule has 0 aliphatic heterocycles. The van der Waals surface area contributed by atoms with E-state index >= 15 is 0 Å². The van der Waals surface area contributed by atoms with Crippen LogP contribution in [0.15, 0.2) is 59.6 Å². The zero-order valence-electron chi connectivity index (χ0n) is 13.8. The van der Waals surface area contributed by atoms with Crippen molar-refractivity contribution in [2.75, 3.05) is 12.4 Å². The number of anilines is 1. The molecule has 0 unspecified atom stereocenters. The van der Waals surface area contributed by atoms with Gasteiger partial charge in [-0.1, -0.05) is 48.5 Å². The fraction of sp³-hybridized carbons (Fsp3) is 0.316. The molecule has 0 radical (unpaired) electrons. The minimum atomic E-state index is 0. The van der Waals surface area contributed by atoms with Gasteiger partial charge in [0.15, 0.2) is 5.96 Å². The highest BCUT2D eigenvalue weighted by Gasteiger charge is 2.30. The zero-order chi connectivity index (χ0) is 16.1. The van der Waals surface area contributed by atoms with Gasteiger partial charge < -0.3 is 15.8 Å². The van der Waals surface area contributed by atoms with Crippen molar-refractivity contribution in [2.45, 2.75) is 31.4 Å². The van der Waals surface area contributed by atoms with E-state index in [-0.39, 0.29) is 24.0 Å². The van der Waals surface area contributed by atoms with Crippen molar-refractivity contribution in [3.05, 3.63) is 65.7 Å². The van der Waals surface area contributed by atoms with Gasteiger partial charge in [0.25, 0.3) is 0 Å². The van der Waals surface area contributed by atoms with Crippen LogP contribution >= 0.6 is 24.0 Å². The standard InChI is InChI=1S/C19H23N3O.HI/c1-23-13-15-9-5-6-10-18(15)22-19(20)21-17-11-16(12-17)14-7-3-2-4-8-14;/h2-10,16-17H,11-13H2,1H3,(H3,20,21,22);1H.